The van der Waals surface area contributed by atoms with Crippen LogP contribution in [-0.4, -0.2) is 32.2 Å². The van der Waals surface area contributed by atoms with E-state index in [4.69, 9.17) is 4.74 Å². The quantitative estimate of drug-likeness (QED) is 0.193. The molecule has 1 aromatic heterocycles. The number of hydrogen-bond donors (Lipinski definition) is 0. The largest absolute Gasteiger partial charge is 1.00 e. The van der Waals surface area contributed by atoms with Crippen molar-refractivity contribution >= 4 is 27.7 Å². The van der Waals surface area contributed by atoms with E-state index in [1.54, 1.807) is 17.5 Å². The molecule has 0 saturated carbocycles. The molecule has 0 radical (unpaired) electrons. The number of esters is 1. The number of thiophene rings is 1. The summed E-state index contributed by atoms with van der Waals surface area (Å²) >= 11 is 1.25. The Hall–Kier alpha value is 0.0400. The summed E-state index contributed by atoms with van der Waals surface area (Å²) in [5.41, 5.74) is 0. The van der Waals surface area contributed by atoms with Crippen LogP contribution in [0.5, 0.6) is 0 Å². The van der Waals surface area contributed by atoms with Crippen LogP contribution >= 0.6 is 11.3 Å². The summed E-state index contributed by atoms with van der Waals surface area (Å²) in [6.45, 7) is -0.282. The van der Waals surface area contributed by atoms with E-state index in [2.05, 4.69) is 4.18 Å². The van der Waals surface area contributed by atoms with Crippen LogP contribution in [0.2, 0.25) is 0 Å². The van der Waals surface area contributed by atoms with Crippen LogP contribution in [0.1, 0.15) is 16.1 Å². The van der Waals surface area contributed by atoms with Gasteiger partial charge in [0.05, 0.1) is 13.2 Å². The third kappa shape index (κ3) is 7.87. The molecule has 0 aliphatic rings. The van der Waals surface area contributed by atoms with Gasteiger partial charge in [-0.25, -0.2) is 13.2 Å². The van der Waals surface area contributed by atoms with E-state index >= 15 is 0 Å². The molecule has 0 amide bonds. The van der Waals surface area contributed by atoms with Crippen molar-refractivity contribution in [2.45, 2.75) is 6.42 Å². The second kappa shape index (κ2) is 8.20. The van der Waals surface area contributed by atoms with Crippen molar-refractivity contribution in [2.75, 3.05) is 13.2 Å². The van der Waals surface area contributed by atoms with E-state index < -0.39 is 16.4 Å². The molecule has 0 aromatic carbocycles. The molecule has 0 aliphatic carbocycles. The van der Waals surface area contributed by atoms with E-state index in [0.29, 0.717) is 4.88 Å². The molecule has 1 heterocycles. The second-order valence-corrected chi connectivity index (χ2v) is 4.70. The summed E-state index contributed by atoms with van der Waals surface area (Å²) in [6, 6.07) is 3.33. The van der Waals surface area contributed by atoms with Gasteiger partial charge in [0.15, 0.2) is 0 Å². The van der Waals surface area contributed by atoms with Crippen LogP contribution in [0.25, 0.3) is 0 Å². The minimum absolute atomic E-state index is 0. The average Bonchev–Trinajstić information content (AvgIpc) is 2.67. The van der Waals surface area contributed by atoms with Gasteiger partial charge in [-0.2, -0.15) is 0 Å². The van der Waals surface area contributed by atoms with Gasteiger partial charge in [-0.3, -0.25) is 4.18 Å². The van der Waals surface area contributed by atoms with Gasteiger partial charge >= 0.3 is 35.5 Å². The minimum Gasteiger partial charge on any atom is -0.726 e. The van der Waals surface area contributed by atoms with Crippen LogP contribution in [0.15, 0.2) is 17.5 Å². The Morgan fingerprint density at radius 2 is 2.12 bits per heavy atom. The van der Waals surface area contributed by atoms with Gasteiger partial charge in [0, 0.05) is 6.42 Å². The smallest absolute Gasteiger partial charge is 0.726 e. The summed E-state index contributed by atoms with van der Waals surface area (Å²) in [5.74, 6) is -0.472. The Balaban J connectivity index is 0.00000256. The molecule has 1 aromatic rings. The van der Waals surface area contributed by atoms with Gasteiger partial charge in [-0.1, -0.05) is 6.07 Å². The zero-order chi connectivity index (χ0) is 12.0. The number of ether oxygens (including phenoxy) is 1. The molecule has 0 aliphatic heterocycles. The Bertz CT molecular complexity index is 427. The fraction of sp³-hybridized carbons (Fsp3) is 0.375. The zero-order valence-electron chi connectivity index (χ0n) is 9.12. The number of carbonyl (C=O) groups is 1. The van der Waals surface area contributed by atoms with Gasteiger partial charge in [0.25, 0.3) is 0 Å². The van der Waals surface area contributed by atoms with E-state index in [0.717, 1.165) is 0 Å². The van der Waals surface area contributed by atoms with Crippen molar-refractivity contribution in [3.8, 4) is 0 Å². The minimum atomic E-state index is -4.66. The SMILES string of the molecule is O=C(OCCCOS(=O)(=O)[O-])c1cccs1.[Na+]. The molecule has 0 atom stereocenters. The first-order chi connectivity index (χ1) is 7.49. The Morgan fingerprint density at radius 1 is 1.41 bits per heavy atom. The van der Waals surface area contributed by atoms with Gasteiger partial charge in [0.1, 0.15) is 4.88 Å². The fourth-order valence-electron chi connectivity index (χ4n) is 0.851. The third-order valence-corrected chi connectivity index (χ3v) is 2.78. The molecule has 17 heavy (non-hydrogen) atoms. The summed E-state index contributed by atoms with van der Waals surface area (Å²) in [6.07, 6.45) is 0.151. The number of carbonyl (C=O) groups excluding carboxylic acids is 1. The second-order valence-electron chi connectivity index (χ2n) is 2.70. The fourth-order valence-corrected chi connectivity index (χ4v) is 1.79. The standard InChI is InChI=1S/C8H10O6S2.Na/c9-8(7-3-1-6-15-7)13-4-2-5-14-16(10,11)12;/h1,3,6H,2,4-5H2,(H,10,11,12);/q;+1/p-1. The maximum Gasteiger partial charge on any atom is 1.00 e. The topological polar surface area (TPSA) is 92.7 Å². The molecular weight excluding hydrogens is 279 g/mol. The van der Waals surface area contributed by atoms with Gasteiger partial charge in [0.2, 0.25) is 10.4 Å². The molecule has 0 N–H and O–H groups in total. The first-order valence-corrected chi connectivity index (χ1v) is 6.51. The van der Waals surface area contributed by atoms with Crippen LogP contribution in [0, 0.1) is 0 Å². The van der Waals surface area contributed by atoms with E-state index in [-0.39, 0.29) is 49.2 Å². The van der Waals surface area contributed by atoms with Gasteiger partial charge in [-0.15, -0.1) is 11.3 Å². The van der Waals surface area contributed by atoms with Crippen molar-refractivity contribution in [2.24, 2.45) is 0 Å². The van der Waals surface area contributed by atoms with Crippen LogP contribution in [0.4, 0.5) is 0 Å². The number of hydrogen-bond acceptors (Lipinski definition) is 7. The van der Waals surface area contributed by atoms with Crippen molar-refractivity contribution in [3.05, 3.63) is 22.4 Å². The molecule has 6 nitrogen and oxygen atoms in total. The molecule has 0 bridgehead atoms. The van der Waals surface area contributed by atoms with Crippen molar-refractivity contribution in [1.29, 1.82) is 0 Å². The Morgan fingerprint density at radius 3 is 2.65 bits per heavy atom. The van der Waals surface area contributed by atoms with E-state index in [1.807, 2.05) is 0 Å². The molecule has 0 unspecified atom stereocenters. The van der Waals surface area contributed by atoms with Crippen molar-refractivity contribution < 1.29 is 56.2 Å². The Labute approximate surface area is 125 Å². The molecule has 9 heteroatoms. The normalized spacial score (nSPS) is 10.6. The average molecular weight is 288 g/mol. The van der Waals surface area contributed by atoms with Crippen LogP contribution in [-0.2, 0) is 19.3 Å². The molecule has 1 rings (SSSR count). The summed E-state index contributed by atoms with van der Waals surface area (Å²) in [5, 5.41) is 1.74. The predicted octanol–water partition coefficient (Wildman–Crippen LogP) is -2.22. The van der Waals surface area contributed by atoms with Gasteiger partial charge in [-0.05, 0) is 11.4 Å². The van der Waals surface area contributed by atoms with E-state index in [9.17, 15) is 17.8 Å². The van der Waals surface area contributed by atoms with E-state index in [1.165, 1.54) is 11.3 Å². The molecule has 0 saturated heterocycles. The maximum absolute atomic E-state index is 11.2. The first kappa shape index (κ1) is 17.0. The van der Waals surface area contributed by atoms with Crippen LogP contribution in [0.3, 0.4) is 0 Å². The summed E-state index contributed by atoms with van der Waals surface area (Å²) in [4.78, 5) is 11.7. The summed E-state index contributed by atoms with van der Waals surface area (Å²) < 4.78 is 38.8. The third-order valence-electron chi connectivity index (χ3n) is 1.47. The van der Waals surface area contributed by atoms with Gasteiger partial charge < -0.3 is 9.29 Å². The molecular formula is C8H9NaO6S2. The maximum atomic E-state index is 11.2. The zero-order valence-corrected chi connectivity index (χ0v) is 12.8. The van der Waals surface area contributed by atoms with Crippen LogP contribution < -0.4 is 29.6 Å². The first-order valence-electron chi connectivity index (χ1n) is 4.30. The predicted molar refractivity (Wildman–Crippen MR) is 54.9 cm³/mol. The number of rotatable bonds is 6. The van der Waals surface area contributed by atoms with Crippen molar-refractivity contribution in [1.82, 2.24) is 0 Å². The Kier molecular flexibility index (Phi) is 8.22. The molecule has 0 spiro atoms. The monoisotopic (exact) mass is 288 g/mol. The summed E-state index contributed by atoms with van der Waals surface area (Å²) in [7, 11) is -4.66. The molecule has 0 fully saturated rings. The van der Waals surface area contributed by atoms with Crippen molar-refractivity contribution in [3.63, 3.8) is 0 Å². The molecule has 90 valence electrons.